The van der Waals surface area contributed by atoms with Gasteiger partial charge >= 0.3 is 11.9 Å². The lowest BCUT2D eigenvalue weighted by Gasteiger charge is -2.18. The normalized spacial score (nSPS) is 11.5. The minimum atomic E-state index is -0.875. The highest BCUT2D eigenvalue weighted by Crippen LogP contribution is 2.20. The minimum absolute atomic E-state index is 0.250. The zero-order valence-electron chi connectivity index (χ0n) is 16.2. The molecule has 0 aromatic heterocycles. The van der Waals surface area contributed by atoms with Crippen molar-refractivity contribution in [2.45, 2.75) is 12.5 Å². The van der Waals surface area contributed by atoms with Crippen LogP contribution in [0.4, 0.5) is 0 Å². The van der Waals surface area contributed by atoms with Crippen LogP contribution in [-0.2, 0) is 20.7 Å². The highest BCUT2D eigenvalue weighted by Gasteiger charge is 2.24. The van der Waals surface area contributed by atoms with E-state index in [1.165, 1.54) is 20.3 Å². The molecule has 0 saturated heterocycles. The third kappa shape index (κ3) is 4.60. The van der Waals surface area contributed by atoms with E-state index in [4.69, 9.17) is 4.74 Å². The maximum absolute atomic E-state index is 12.7. The van der Waals surface area contributed by atoms with Crippen LogP contribution in [0.5, 0.6) is 0 Å². The van der Waals surface area contributed by atoms with Crippen molar-refractivity contribution in [1.29, 1.82) is 0 Å². The third-order valence-corrected chi connectivity index (χ3v) is 4.64. The molecule has 0 heterocycles. The molecule has 0 aliphatic heterocycles. The van der Waals surface area contributed by atoms with Gasteiger partial charge in [-0.1, -0.05) is 48.5 Å². The number of hydrogen-bond acceptors (Lipinski definition) is 5. The van der Waals surface area contributed by atoms with Crippen molar-refractivity contribution in [3.05, 3.63) is 83.4 Å². The van der Waals surface area contributed by atoms with Crippen molar-refractivity contribution in [1.82, 2.24) is 5.32 Å². The van der Waals surface area contributed by atoms with Crippen LogP contribution < -0.4 is 5.32 Å². The average molecular weight is 391 g/mol. The standard InChI is InChI=1S/C23H21NO5/c1-28-22(26)18-11-6-10-17(13-18)21(25)24-20(23(27)29-2)14-16-9-5-8-15-7-3-4-12-19(15)16/h3-13,20H,14H2,1-2H3,(H,24,25)/t20-/m0/s1. The number of methoxy groups -OCH3 is 2. The molecule has 6 nitrogen and oxygen atoms in total. The van der Waals surface area contributed by atoms with Crippen molar-refractivity contribution < 1.29 is 23.9 Å². The number of ether oxygens (including phenoxy) is 2. The van der Waals surface area contributed by atoms with Crippen LogP contribution in [0, 0.1) is 0 Å². The Hall–Kier alpha value is -3.67. The summed E-state index contributed by atoms with van der Waals surface area (Å²) in [5.41, 5.74) is 1.42. The fourth-order valence-electron chi connectivity index (χ4n) is 3.17. The Morgan fingerprint density at radius 3 is 2.31 bits per heavy atom. The first kappa shape index (κ1) is 20.1. The van der Waals surface area contributed by atoms with Gasteiger partial charge in [0.1, 0.15) is 6.04 Å². The van der Waals surface area contributed by atoms with Gasteiger partial charge in [0.05, 0.1) is 19.8 Å². The van der Waals surface area contributed by atoms with Gasteiger partial charge in [0, 0.05) is 12.0 Å². The maximum Gasteiger partial charge on any atom is 0.337 e. The summed E-state index contributed by atoms with van der Waals surface area (Å²) in [6, 6.07) is 18.9. The molecule has 0 radical (unpaired) electrons. The topological polar surface area (TPSA) is 81.7 Å². The Balaban J connectivity index is 1.85. The first-order chi connectivity index (χ1) is 14.0. The summed E-state index contributed by atoms with van der Waals surface area (Å²) in [6.45, 7) is 0. The van der Waals surface area contributed by atoms with E-state index < -0.39 is 23.9 Å². The number of fused-ring (bicyclic) bond motifs is 1. The molecule has 3 rings (SSSR count). The average Bonchev–Trinajstić information content (AvgIpc) is 2.77. The van der Waals surface area contributed by atoms with E-state index in [0.29, 0.717) is 0 Å². The Bertz CT molecular complexity index is 1050. The van der Waals surface area contributed by atoms with E-state index in [1.54, 1.807) is 18.2 Å². The molecule has 29 heavy (non-hydrogen) atoms. The maximum atomic E-state index is 12.7. The van der Waals surface area contributed by atoms with Crippen LogP contribution in [0.1, 0.15) is 26.3 Å². The largest absolute Gasteiger partial charge is 0.467 e. The summed E-state index contributed by atoms with van der Waals surface area (Å²) in [7, 11) is 2.55. The lowest BCUT2D eigenvalue weighted by Crippen LogP contribution is -2.43. The van der Waals surface area contributed by atoms with Gasteiger partial charge in [0.15, 0.2) is 0 Å². The Morgan fingerprint density at radius 2 is 1.55 bits per heavy atom. The van der Waals surface area contributed by atoms with E-state index >= 15 is 0 Å². The predicted molar refractivity (Wildman–Crippen MR) is 109 cm³/mol. The monoisotopic (exact) mass is 391 g/mol. The second-order valence-electron chi connectivity index (χ2n) is 6.46. The van der Waals surface area contributed by atoms with Crippen molar-refractivity contribution in [2.75, 3.05) is 14.2 Å². The summed E-state index contributed by atoms with van der Waals surface area (Å²) in [5, 5.41) is 4.77. The molecule has 1 atom stereocenters. The third-order valence-electron chi connectivity index (χ3n) is 4.64. The van der Waals surface area contributed by atoms with Gasteiger partial charge in [-0.15, -0.1) is 0 Å². The molecule has 0 aliphatic rings. The molecule has 0 aliphatic carbocycles. The Morgan fingerprint density at radius 1 is 0.862 bits per heavy atom. The highest BCUT2D eigenvalue weighted by molar-refractivity contribution is 5.99. The van der Waals surface area contributed by atoms with Gasteiger partial charge in [-0.3, -0.25) is 4.79 Å². The predicted octanol–water partition coefficient (Wildman–Crippen LogP) is 3.14. The molecule has 3 aromatic carbocycles. The van der Waals surface area contributed by atoms with E-state index in [0.717, 1.165) is 16.3 Å². The first-order valence-corrected chi connectivity index (χ1v) is 9.07. The van der Waals surface area contributed by atoms with Gasteiger partial charge in [0.25, 0.3) is 5.91 Å². The molecule has 0 bridgehead atoms. The van der Waals surface area contributed by atoms with Crippen LogP contribution in [0.15, 0.2) is 66.7 Å². The van der Waals surface area contributed by atoms with Crippen molar-refractivity contribution >= 4 is 28.6 Å². The van der Waals surface area contributed by atoms with Crippen molar-refractivity contribution in [3.8, 4) is 0 Å². The number of esters is 2. The van der Waals surface area contributed by atoms with Gasteiger partial charge in [-0.25, -0.2) is 9.59 Å². The summed E-state index contributed by atoms with van der Waals surface area (Å²) in [4.78, 5) is 36.8. The van der Waals surface area contributed by atoms with Crippen LogP contribution in [0.2, 0.25) is 0 Å². The SMILES string of the molecule is COC(=O)c1cccc(C(=O)N[C@@H](Cc2cccc3ccccc23)C(=O)OC)c1. The number of benzene rings is 3. The smallest absolute Gasteiger partial charge is 0.337 e. The fourth-order valence-corrected chi connectivity index (χ4v) is 3.17. The van der Waals surface area contributed by atoms with Gasteiger partial charge in [-0.2, -0.15) is 0 Å². The van der Waals surface area contributed by atoms with Crippen LogP contribution in [0.25, 0.3) is 10.8 Å². The molecule has 1 amide bonds. The van der Waals surface area contributed by atoms with E-state index in [1.807, 2.05) is 42.5 Å². The molecule has 6 heteroatoms. The number of rotatable bonds is 6. The van der Waals surface area contributed by atoms with Gasteiger partial charge < -0.3 is 14.8 Å². The molecule has 0 saturated carbocycles. The summed E-state index contributed by atoms with van der Waals surface area (Å²) >= 11 is 0. The zero-order chi connectivity index (χ0) is 20.8. The van der Waals surface area contributed by atoms with Gasteiger partial charge in [-0.05, 0) is 34.5 Å². The van der Waals surface area contributed by atoms with Crippen LogP contribution >= 0.6 is 0 Å². The second-order valence-corrected chi connectivity index (χ2v) is 6.46. The van der Waals surface area contributed by atoms with Crippen LogP contribution in [0.3, 0.4) is 0 Å². The number of carbonyl (C=O) groups is 3. The molecular formula is C23H21NO5. The number of nitrogens with one attached hydrogen (secondary N) is 1. The van der Waals surface area contributed by atoms with E-state index in [9.17, 15) is 14.4 Å². The Labute approximate surface area is 168 Å². The van der Waals surface area contributed by atoms with Gasteiger partial charge in [0.2, 0.25) is 0 Å². The molecular weight excluding hydrogens is 370 g/mol. The van der Waals surface area contributed by atoms with E-state index in [-0.39, 0.29) is 17.5 Å². The number of amides is 1. The molecule has 3 aromatic rings. The summed E-state index contributed by atoms with van der Waals surface area (Å²) in [6.07, 6.45) is 0.274. The zero-order valence-corrected chi connectivity index (χ0v) is 16.2. The lowest BCUT2D eigenvalue weighted by atomic mass is 9.98. The second kappa shape index (κ2) is 9.01. The lowest BCUT2D eigenvalue weighted by molar-refractivity contribution is -0.142. The molecule has 0 spiro atoms. The van der Waals surface area contributed by atoms with Crippen molar-refractivity contribution in [2.24, 2.45) is 0 Å². The minimum Gasteiger partial charge on any atom is -0.467 e. The molecule has 0 unspecified atom stereocenters. The highest BCUT2D eigenvalue weighted by atomic mass is 16.5. The fraction of sp³-hybridized carbons (Fsp3) is 0.174. The molecule has 1 N–H and O–H groups in total. The first-order valence-electron chi connectivity index (χ1n) is 9.07. The van der Waals surface area contributed by atoms with Crippen LogP contribution in [-0.4, -0.2) is 38.1 Å². The van der Waals surface area contributed by atoms with E-state index in [2.05, 4.69) is 10.1 Å². The van der Waals surface area contributed by atoms with Crippen molar-refractivity contribution in [3.63, 3.8) is 0 Å². The number of carbonyl (C=O) groups excluding carboxylic acids is 3. The summed E-state index contributed by atoms with van der Waals surface area (Å²) in [5.74, 6) is -1.57. The molecule has 148 valence electrons. The molecule has 0 fully saturated rings. The quantitative estimate of drug-likeness (QED) is 0.653. The summed E-state index contributed by atoms with van der Waals surface area (Å²) < 4.78 is 9.57. The number of hydrogen-bond donors (Lipinski definition) is 1. The Kier molecular flexibility index (Phi) is 6.24.